The van der Waals surface area contributed by atoms with Crippen LogP contribution >= 0.6 is 11.3 Å². The summed E-state index contributed by atoms with van der Waals surface area (Å²) in [6, 6.07) is 8.60. The number of anilines is 1. The van der Waals surface area contributed by atoms with E-state index in [0.717, 1.165) is 4.88 Å². The molecule has 0 saturated carbocycles. The molecule has 0 aliphatic rings. The predicted molar refractivity (Wildman–Crippen MR) is 94.8 cm³/mol. The summed E-state index contributed by atoms with van der Waals surface area (Å²) in [5, 5.41) is 14.2. The Hall–Kier alpha value is -2.84. The van der Waals surface area contributed by atoms with Crippen LogP contribution in [-0.2, 0) is 4.74 Å². The molecule has 128 valence electrons. The third-order valence-electron chi connectivity index (χ3n) is 3.52. The predicted octanol–water partition coefficient (Wildman–Crippen LogP) is 3.10. The molecule has 0 aliphatic heterocycles. The number of nitrogens with zero attached hydrogens (tertiary/aromatic N) is 3. The van der Waals surface area contributed by atoms with E-state index in [-0.39, 0.29) is 11.7 Å². The van der Waals surface area contributed by atoms with Crippen molar-refractivity contribution in [2.45, 2.75) is 6.10 Å². The lowest BCUT2D eigenvalue weighted by Gasteiger charge is -2.14. The number of ether oxygens (including phenoxy) is 1. The number of carboxylic acids is 1. The van der Waals surface area contributed by atoms with Crippen molar-refractivity contribution in [3.8, 4) is 11.4 Å². The number of pyridine rings is 1. The number of hydrogen-bond donors (Lipinski definition) is 2. The first kappa shape index (κ1) is 17.0. The lowest BCUT2D eigenvalue weighted by molar-refractivity contribution is 0.0697. The zero-order valence-electron chi connectivity index (χ0n) is 13.4. The largest absolute Gasteiger partial charge is 0.478 e. The molecule has 3 rings (SSSR count). The van der Waals surface area contributed by atoms with Gasteiger partial charge in [0, 0.05) is 30.9 Å². The third-order valence-corrected chi connectivity index (χ3v) is 4.48. The maximum absolute atomic E-state index is 11.1. The zero-order valence-corrected chi connectivity index (χ0v) is 14.2. The zero-order chi connectivity index (χ0) is 17.6. The molecule has 0 aromatic carbocycles. The number of methoxy groups -OCH3 is 1. The summed E-state index contributed by atoms with van der Waals surface area (Å²) in [6.45, 7) is 0.517. The van der Waals surface area contributed by atoms with Gasteiger partial charge in [-0.2, -0.15) is 0 Å². The topological polar surface area (TPSA) is 97.2 Å². The summed E-state index contributed by atoms with van der Waals surface area (Å²) in [4.78, 5) is 25.0. The van der Waals surface area contributed by atoms with Crippen LogP contribution in [0.15, 0.2) is 48.1 Å². The van der Waals surface area contributed by atoms with Crippen molar-refractivity contribution in [2.75, 3.05) is 19.0 Å². The molecule has 7 nitrogen and oxygen atoms in total. The molecule has 0 fully saturated rings. The van der Waals surface area contributed by atoms with Crippen molar-refractivity contribution < 1.29 is 14.6 Å². The second kappa shape index (κ2) is 7.82. The van der Waals surface area contributed by atoms with E-state index in [1.54, 1.807) is 30.7 Å². The van der Waals surface area contributed by atoms with E-state index in [1.807, 2.05) is 17.5 Å². The number of hydrogen-bond acceptors (Lipinski definition) is 7. The van der Waals surface area contributed by atoms with Crippen molar-refractivity contribution in [3.05, 3.63) is 58.5 Å². The van der Waals surface area contributed by atoms with Crippen LogP contribution in [0, 0.1) is 0 Å². The van der Waals surface area contributed by atoms with Crippen molar-refractivity contribution in [2.24, 2.45) is 0 Å². The average molecular weight is 356 g/mol. The van der Waals surface area contributed by atoms with Crippen LogP contribution < -0.4 is 5.32 Å². The maximum atomic E-state index is 11.1. The Bertz CT molecular complexity index is 855. The van der Waals surface area contributed by atoms with Gasteiger partial charge in [0.05, 0.1) is 17.0 Å². The SMILES string of the molecule is CO[C@H](CNc1nccc(-c2cc(C(=O)O)ccn2)n1)c1cccs1. The molecule has 8 heteroatoms. The molecule has 0 radical (unpaired) electrons. The Kier molecular flexibility index (Phi) is 5.32. The van der Waals surface area contributed by atoms with Gasteiger partial charge in [0.15, 0.2) is 0 Å². The van der Waals surface area contributed by atoms with E-state index < -0.39 is 5.97 Å². The molecule has 0 bridgehead atoms. The monoisotopic (exact) mass is 356 g/mol. The fraction of sp³-hybridized carbons (Fsp3) is 0.176. The fourth-order valence-electron chi connectivity index (χ4n) is 2.25. The van der Waals surface area contributed by atoms with Gasteiger partial charge in [0.2, 0.25) is 5.95 Å². The van der Waals surface area contributed by atoms with Crippen LogP contribution in [0.1, 0.15) is 21.3 Å². The highest BCUT2D eigenvalue weighted by molar-refractivity contribution is 7.10. The van der Waals surface area contributed by atoms with E-state index >= 15 is 0 Å². The van der Waals surface area contributed by atoms with Gasteiger partial charge in [0.25, 0.3) is 0 Å². The number of rotatable bonds is 7. The summed E-state index contributed by atoms with van der Waals surface area (Å²) >= 11 is 1.62. The molecular weight excluding hydrogens is 340 g/mol. The summed E-state index contributed by atoms with van der Waals surface area (Å²) in [6.07, 6.45) is 2.96. The molecule has 2 N–H and O–H groups in total. The first-order chi connectivity index (χ1) is 12.2. The van der Waals surface area contributed by atoms with Gasteiger partial charge in [-0.15, -0.1) is 11.3 Å². The quantitative estimate of drug-likeness (QED) is 0.671. The Morgan fingerprint density at radius 3 is 2.84 bits per heavy atom. The van der Waals surface area contributed by atoms with Crippen LogP contribution in [0.4, 0.5) is 5.95 Å². The van der Waals surface area contributed by atoms with Gasteiger partial charge >= 0.3 is 5.97 Å². The first-order valence-corrected chi connectivity index (χ1v) is 8.38. The highest BCUT2D eigenvalue weighted by Gasteiger charge is 2.13. The minimum absolute atomic E-state index is 0.0966. The van der Waals surface area contributed by atoms with Crippen LogP contribution in [0.2, 0.25) is 0 Å². The van der Waals surface area contributed by atoms with Crippen molar-refractivity contribution in [3.63, 3.8) is 0 Å². The van der Waals surface area contributed by atoms with Crippen LogP contribution in [0.5, 0.6) is 0 Å². The Morgan fingerprint density at radius 1 is 1.28 bits per heavy atom. The number of carbonyl (C=O) groups is 1. The molecule has 0 unspecified atom stereocenters. The number of aromatic nitrogens is 3. The van der Waals surface area contributed by atoms with Crippen molar-refractivity contribution in [1.82, 2.24) is 15.0 Å². The van der Waals surface area contributed by atoms with Gasteiger partial charge < -0.3 is 15.2 Å². The van der Waals surface area contributed by atoms with Crippen molar-refractivity contribution in [1.29, 1.82) is 0 Å². The molecule has 0 spiro atoms. The van der Waals surface area contributed by atoms with E-state index in [0.29, 0.717) is 23.9 Å². The first-order valence-electron chi connectivity index (χ1n) is 7.50. The van der Waals surface area contributed by atoms with E-state index in [2.05, 4.69) is 20.3 Å². The van der Waals surface area contributed by atoms with Gasteiger partial charge in [-0.05, 0) is 29.6 Å². The van der Waals surface area contributed by atoms with Crippen molar-refractivity contribution >= 4 is 23.3 Å². The Balaban J connectivity index is 1.75. The van der Waals surface area contributed by atoms with E-state index in [9.17, 15) is 4.79 Å². The molecule has 0 saturated heterocycles. The molecule has 1 atom stereocenters. The standard InChI is InChI=1S/C17H16N4O3S/c1-24-14(15-3-2-8-25-15)10-20-17-19-7-5-12(21-17)13-9-11(16(22)23)4-6-18-13/h2-9,14H,10H2,1H3,(H,22,23)(H,19,20,21)/t14-/m1/s1. The van der Waals surface area contributed by atoms with Gasteiger partial charge in [0.1, 0.15) is 6.10 Å². The minimum atomic E-state index is -1.00. The second-order valence-corrected chi connectivity index (χ2v) is 6.10. The average Bonchev–Trinajstić information content (AvgIpc) is 3.17. The van der Waals surface area contributed by atoms with E-state index in [1.165, 1.54) is 18.3 Å². The summed E-state index contributed by atoms with van der Waals surface area (Å²) < 4.78 is 5.49. The third kappa shape index (κ3) is 4.17. The highest BCUT2D eigenvalue weighted by Crippen LogP contribution is 2.22. The minimum Gasteiger partial charge on any atom is -0.478 e. The van der Waals surface area contributed by atoms with Gasteiger partial charge in [-0.3, -0.25) is 4.98 Å². The highest BCUT2D eigenvalue weighted by atomic mass is 32.1. The summed E-state index contributed by atoms with van der Waals surface area (Å²) in [7, 11) is 1.66. The fourth-order valence-corrected chi connectivity index (χ4v) is 3.05. The number of carboxylic acid groups (broad SMARTS) is 1. The summed E-state index contributed by atoms with van der Waals surface area (Å²) in [5.74, 6) is -0.575. The molecular formula is C17H16N4O3S. The van der Waals surface area contributed by atoms with Crippen LogP contribution in [0.3, 0.4) is 0 Å². The lowest BCUT2D eigenvalue weighted by atomic mass is 10.2. The number of thiophene rings is 1. The van der Waals surface area contributed by atoms with E-state index in [4.69, 9.17) is 9.84 Å². The molecule has 0 aliphatic carbocycles. The lowest BCUT2D eigenvalue weighted by Crippen LogP contribution is -2.15. The Morgan fingerprint density at radius 2 is 2.12 bits per heavy atom. The number of nitrogens with one attached hydrogen (secondary N) is 1. The second-order valence-electron chi connectivity index (χ2n) is 5.12. The maximum Gasteiger partial charge on any atom is 0.335 e. The van der Waals surface area contributed by atoms with Gasteiger partial charge in [-0.1, -0.05) is 6.07 Å². The van der Waals surface area contributed by atoms with Crippen LogP contribution in [-0.4, -0.2) is 39.7 Å². The smallest absolute Gasteiger partial charge is 0.335 e. The number of aromatic carboxylic acids is 1. The normalized spacial score (nSPS) is 11.9. The molecule has 0 amide bonds. The molecule has 3 aromatic heterocycles. The molecule has 3 heterocycles. The van der Waals surface area contributed by atoms with Gasteiger partial charge in [-0.25, -0.2) is 14.8 Å². The Labute approximate surface area is 148 Å². The summed E-state index contributed by atoms with van der Waals surface area (Å²) in [5.41, 5.74) is 1.19. The molecule has 25 heavy (non-hydrogen) atoms. The molecule has 3 aromatic rings. The van der Waals surface area contributed by atoms with Crippen LogP contribution in [0.25, 0.3) is 11.4 Å².